The van der Waals surface area contributed by atoms with Crippen molar-refractivity contribution in [1.82, 2.24) is 4.90 Å². The van der Waals surface area contributed by atoms with Gasteiger partial charge >= 0.3 is 0 Å². The first-order valence-corrected chi connectivity index (χ1v) is 6.30. The van der Waals surface area contributed by atoms with Gasteiger partial charge in [-0.2, -0.15) is 0 Å². The predicted molar refractivity (Wildman–Crippen MR) is 67.9 cm³/mol. The predicted octanol–water partition coefficient (Wildman–Crippen LogP) is 2.37. The quantitative estimate of drug-likeness (QED) is 0.873. The summed E-state index contributed by atoms with van der Waals surface area (Å²) in [6.45, 7) is 7.77. The van der Waals surface area contributed by atoms with Gasteiger partial charge in [-0.3, -0.25) is 4.90 Å². The Labute approximate surface area is 103 Å². The molecule has 0 saturated carbocycles. The number of rotatable bonds is 3. The van der Waals surface area contributed by atoms with E-state index in [-0.39, 0.29) is 5.82 Å². The van der Waals surface area contributed by atoms with Gasteiger partial charge < -0.3 is 5.73 Å². The summed E-state index contributed by atoms with van der Waals surface area (Å²) in [6, 6.07) is 5.34. The summed E-state index contributed by atoms with van der Waals surface area (Å²) in [4.78, 5) is 2.33. The molecule has 1 aliphatic rings. The zero-order chi connectivity index (χ0) is 12.4. The Morgan fingerprint density at radius 2 is 1.94 bits per heavy atom. The average Bonchev–Trinajstić information content (AvgIpc) is 2.61. The van der Waals surface area contributed by atoms with Crippen LogP contribution in [-0.4, -0.2) is 18.0 Å². The maximum atomic E-state index is 13.8. The lowest BCUT2D eigenvalue weighted by atomic mass is 10.0. The summed E-state index contributed by atoms with van der Waals surface area (Å²) in [7, 11) is 0. The third kappa shape index (κ3) is 2.85. The van der Waals surface area contributed by atoms with E-state index >= 15 is 0 Å². The molecule has 0 bridgehead atoms. The summed E-state index contributed by atoms with van der Waals surface area (Å²) in [5.41, 5.74) is 7.13. The van der Waals surface area contributed by atoms with Crippen LogP contribution in [0.5, 0.6) is 0 Å². The van der Waals surface area contributed by atoms with Crippen molar-refractivity contribution in [2.45, 2.75) is 26.9 Å². The number of hydrogen-bond donors (Lipinski definition) is 1. The van der Waals surface area contributed by atoms with Crippen molar-refractivity contribution in [3.05, 3.63) is 35.1 Å². The zero-order valence-electron chi connectivity index (χ0n) is 10.6. The maximum Gasteiger partial charge on any atom is 0.128 e. The Kier molecular flexibility index (Phi) is 3.79. The first kappa shape index (κ1) is 12.5. The van der Waals surface area contributed by atoms with Crippen LogP contribution in [0, 0.1) is 17.7 Å². The topological polar surface area (TPSA) is 29.3 Å². The summed E-state index contributed by atoms with van der Waals surface area (Å²) in [5, 5.41) is 0. The normalized spacial score (nSPS) is 25.4. The SMILES string of the molecule is CC1CN(Cc2ccc(CN)cc2F)CC1C. The fraction of sp³-hybridized carbons (Fsp3) is 0.571. The Morgan fingerprint density at radius 1 is 1.29 bits per heavy atom. The van der Waals surface area contributed by atoms with Crippen LogP contribution < -0.4 is 5.73 Å². The molecule has 1 aromatic rings. The number of nitrogens with two attached hydrogens (primary N) is 1. The van der Waals surface area contributed by atoms with Crippen molar-refractivity contribution >= 4 is 0 Å². The zero-order valence-corrected chi connectivity index (χ0v) is 10.6. The molecule has 2 atom stereocenters. The molecule has 0 aromatic heterocycles. The van der Waals surface area contributed by atoms with E-state index < -0.39 is 0 Å². The van der Waals surface area contributed by atoms with Gasteiger partial charge in [0.25, 0.3) is 0 Å². The average molecular weight is 236 g/mol. The summed E-state index contributed by atoms with van der Waals surface area (Å²) in [5.74, 6) is 1.29. The molecule has 0 spiro atoms. The van der Waals surface area contributed by atoms with E-state index in [4.69, 9.17) is 5.73 Å². The molecule has 0 aliphatic carbocycles. The Hall–Kier alpha value is -0.930. The molecule has 0 amide bonds. The van der Waals surface area contributed by atoms with Crippen molar-refractivity contribution in [3.63, 3.8) is 0 Å². The van der Waals surface area contributed by atoms with Gasteiger partial charge in [0.05, 0.1) is 0 Å². The van der Waals surface area contributed by atoms with Crippen molar-refractivity contribution < 1.29 is 4.39 Å². The largest absolute Gasteiger partial charge is 0.326 e. The summed E-state index contributed by atoms with van der Waals surface area (Å²) >= 11 is 0. The van der Waals surface area contributed by atoms with Gasteiger partial charge in [-0.25, -0.2) is 4.39 Å². The summed E-state index contributed by atoms with van der Waals surface area (Å²) < 4.78 is 13.8. The molecule has 0 radical (unpaired) electrons. The Balaban J connectivity index is 2.04. The van der Waals surface area contributed by atoms with E-state index in [0.717, 1.165) is 24.2 Å². The number of hydrogen-bond acceptors (Lipinski definition) is 2. The van der Waals surface area contributed by atoms with Crippen LogP contribution in [0.1, 0.15) is 25.0 Å². The van der Waals surface area contributed by atoms with Crippen molar-refractivity contribution in [3.8, 4) is 0 Å². The maximum absolute atomic E-state index is 13.8. The van der Waals surface area contributed by atoms with E-state index in [1.54, 1.807) is 6.07 Å². The van der Waals surface area contributed by atoms with E-state index in [0.29, 0.717) is 24.9 Å². The fourth-order valence-electron chi connectivity index (χ4n) is 2.46. The van der Waals surface area contributed by atoms with Gasteiger partial charge in [-0.1, -0.05) is 26.0 Å². The van der Waals surface area contributed by atoms with E-state index in [2.05, 4.69) is 18.7 Å². The minimum Gasteiger partial charge on any atom is -0.326 e. The second-order valence-corrected chi connectivity index (χ2v) is 5.28. The van der Waals surface area contributed by atoms with Gasteiger partial charge in [0.15, 0.2) is 0 Å². The van der Waals surface area contributed by atoms with Crippen molar-refractivity contribution in [2.24, 2.45) is 17.6 Å². The van der Waals surface area contributed by atoms with Gasteiger partial charge in [-0.15, -0.1) is 0 Å². The molecule has 94 valence electrons. The second kappa shape index (κ2) is 5.15. The molecule has 2 nitrogen and oxygen atoms in total. The van der Waals surface area contributed by atoms with Crippen LogP contribution in [0.2, 0.25) is 0 Å². The first-order valence-electron chi connectivity index (χ1n) is 6.30. The highest BCUT2D eigenvalue weighted by molar-refractivity contribution is 5.24. The van der Waals surface area contributed by atoms with Crippen LogP contribution >= 0.6 is 0 Å². The van der Waals surface area contributed by atoms with Crippen LogP contribution in [0.15, 0.2) is 18.2 Å². The molecule has 1 fully saturated rings. The molecule has 2 unspecified atom stereocenters. The van der Waals surface area contributed by atoms with E-state index in [9.17, 15) is 4.39 Å². The number of halogens is 1. The molecule has 1 heterocycles. The molecule has 3 heteroatoms. The molecule has 2 N–H and O–H groups in total. The van der Waals surface area contributed by atoms with E-state index in [1.807, 2.05) is 12.1 Å². The van der Waals surface area contributed by atoms with Gasteiger partial charge in [-0.05, 0) is 23.5 Å². The Morgan fingerprint density at radius 3 is 2.47 bits per heavy atom. The lowest BCUT2D eigenvalue weighted by Gasteiger charge is -2.16. The molecule has 2 rings (SSSR count). The third-order valence-corrected chi connectivity index (χ3v) is 3.81. The number of benzene rings is 1. The highest BCUT2D eigenvalue weighted by Gasteiger charge is 2.26. The van der Waals surface area contributed by atoms with Crippen LogP contribution in [-0.2, 0) is 13.1 Å². The Bertz CT molecular complexity index is 382. The lowest BCUT2D eigenvalue weighted by Crippen LogP contribution is -2.20. The number of nitrogens with zero attached hydrogens (tertiary/aromatic N) is 1. The van der Waals surface area contributed by atoms with E-state index in [1.165, 1.54) is 0 Å². The van der Waals surface area contributed by atoms with Crippen molar-refractivity contribution in [1.29, 1.82) is 0 Å². The third-order valence-electron chi connectivity index (χ3n) is 3.81. The van der Waals surface area contributed by atoms with Crippen LogP contribution in [0.25, 0.3) is 0 Å². The second-order valence-electron chi connectivity index (χ2n) is 5.28. The minimum atomic E-state index is -0.125. The molecular formula is C14H21FN2. The molecule has 1 saturated heterocycles. The van der Waals surface area contributed by atoms with Gasteiger partial charge in [0.2, 0.25) is 0 Å². The smallest absolute Gasteiger partial charge is 0.128 e. The van der Waals surface area contributed by atoms with Crippen LogP contribution in [0.4, 0.5) is 4.39 Å². The molecule has 17 heavy (non-hydrogen) atoms. The summed E-state index contributed by atoms with van der Waals surface area (Å²) in [6.07, 6.45) is 0. The minimum absolute atomic E-state index is 0.125. The molecule has 1 aliphatic heterocycles. The van der Waals surface area contributed by atoms with Gasteiger partial charge in [0.1, 0.15) is 5.82 Å². The van der Waals surface area contributed by atoms with Gasteiger partial charge in [0, 0.05) is 31.7 Å². The molecular weight excluding hydrogens is 215 g/mol. The standard InChI is InChI=1S/C14H21FN2/c1-10-7-17(8-11(10)2)9-13-4-3-12(6-16)5-14(13)15/h3-5,10-11H,6-9,16H2,1-2H3. The fourth-order valence-corrected chi connectivity index (χ4v) is 2.46. The highest BCUT2D eigenvalue weighted by Crippen LogP contribution is 2.24. The first-order chi connectivity index (χ1) is 8.10. The van der Waals surface area contributed by atoms with Crippen LogP contribution in [0.3, 0.4) is 0 Å². The van der Waals surface area contributed by atoms with Crippen molar-refractivity contribution in [2.75, 3.05) is 13.1 Å². The lowest BCUT2D eigenvalue weighted by molar-refractivity contribution is 0.311. The molecule has 1 aromatic carbocycles. The highest BCUT2D eigenvalue weighted by atomic mass is 19.1. The monoisotopic (exact) mass is 236 g/mol. The number of likely N-dealkylation sites (tertiary alicyclic amines) is 1.